The summed E-state index contributed by atoms with van der Waals surface area (Å²) in [6, 6.07) is 4.12. The summed E-state index contributed by atoms with van der Waals surface area (Å²) >= 11 is 1.72. The Labute approximate surface area is 77.1 Å². The minimum atomic E-state index is 0.157. The van der Waals surface area contributed by atoms with Gasteiger partial charge in [-0.3, -0.25) is 0 Å². The van der Waals surface area contributed by atoms with E-state index in [1.165, 1.54) is 4.88 Å². The molecule has 64 valence electrons. The number of hydrogen-bond acceptors (Lipinski definition) is 2. The lowest BCUT2D eigenvalue weighted by Crippen LogP contribution is -1.84. The molecule has 1 rings (SSSR count). The third kappa shape index (κ3) is 2.69. The molecule has 0 bridgehead atoms. The summed E-state index contributed by atoms with van der Waals surface area (Å²) in [6.45, 7) is 2.24. The zero-order valence-electron chi connectivity index (χ0n) is 7.08. The van der Waals surface area contributed by atoms with Crippen LogP contribution in [0.3, 0.4) is 0 Å². The molecule has 1 aromatic heterocycles. The van der Waals surface area contributed by atoms with Gasteiger partial charge in [-0.2, -0.15) is 0 Å². The van der Waals surface area contributed by atoms with Crippen LogP contribution in [0.5, 0.6) is 0 Å². The summed E-state index contributed by atoms with van der Waals surface area (Å²) in [4.78, 5) is 1.29. The first-order chi connectivity index (χ1) is 5.84. The number of aliphatic hydroxyl groups excluding tert-OH is 1. The van der Waals surface area contributed by atoms with Crippen molar-refractivity contribution in [1.82, 2.24) is 0 Å². The van der Waals surface area contributed by atoms with Gasteiger partial charge in [-0.25, -0.2) is 0 Å². The van der Waals surface area contributed by atoms with Gasteiger partial charge in [0.15, 0.2) is 0 Å². The van der Waals surface area contributed by atoms with Crippen molar-refractivity contribution in [1.29, 1.82) is 0 Å². The molecule has 0 aliphatic heterocycles. The Bertz CT molecular complexity index is 266. The van der Waals surface area contributed by atoms with E-state index in [4.69, 9.17) is 5.11 Å². The Morgan fingerprint density at radius 2 is 2.50 bits per heavy atom. The smallest absolute Gasteiger partial charge is 0.0540 e. The number of aliphatic hydroxyl groups is 1. The van der Waals surface area contributed by atoms with Gasteiger partial charge in [-0.05, 0) is 18.4 Å². The van der Waals surface area contributed by atoms with E-state index in [1.807, 2.05) is 6.07 Å². The molecule has 0 spiro atoms. The lowest BCUT2D eigenvalue weighted by Gasteiger charge is -1.97. The van der Waals surface area contributed by atoms with Crippen LogP contribution >= 0.6 is 11.3 Å². The van der Waals surface area contributed by atoms with Crippen LogP contribution in [0.4, 0.5) is 0 Å². The topological polar surface area (TPSA) is 20.2 Å². The molecule has 0 radical (unpaired) electrons. The van der Waals surface area contributed by atoms with Crippen molar-refractivity contribution >= 4 is 11.3 Å². The van der Waals surface area contributed by atoms with E-state index in [0.29, 0.717) is 12.3 Å². The molecule has 0 saturated carbocycles. The maximum atomic E-state index is 8.51. The van der Waals surface area contributed by atoms with E-state index in [0.717, 1.165) is 0 Å². The van der Waals surface area contributed by atoms with Crippen LogP contribution < -0.4 is 0 Å². The fourth-order valence-electron chi connectivity index (χ4n) is 0.890. The summed E-state index contributed by atoms with van der Waals surface area (Å²) in [7, 11) is 0. The van der Waals surface area contributed by atoms with Gasteiger partial charge in [-0.15, -0.1) is 17.3 Å². The molecule has 1 unspecified atom stereocenters. The molecule has 0 aliphatic carbocycles. The zero-order valence-corrected chi connectivity index (χ0v) is 7.90. The molecular formula is C10H12OS. The molecule has 0 aliphatic rings. The third-order valence-corrected chi connectivity index (χ3v) is 2.58. The molecular weight excluding hydrogens is 168 g/mol. The molecule has 1 atom stereocenters. The van der Waals surface area contributed by atoms with E-state index in [2.05, 4.69) is 30.2 Å². The monoisotopic (exact) mass is 180 g/mol. The number of rotatable bonds is 2. The molecule has 1 aromatic rings. The minimum absolute atomic E-state index is 0.157. The quantitative estimate of drug-likeness (QED) is 0.692. The molecule has 12 heavy (non-hydrogen) atoms. The lowest BCUT2D eigenvalue weighted by molar-refractivity contribution is 0.305. The second kappa shape index (κ2) is 4.97. The molecule has 2 heteroatoms. The van der Waals surface area contributed by atoms with Gasteiger partial charge in [0.1, 0.15) is 0 Å². The van der Waals surface area contributed by atoms with E-state index in [9.17, 15) is 0 Å². The standard InChI is InChI=1S/C10H12OS/c1-9(5-2-3-7-11)10-6-4-8-12-10/h4,6,8-9,11H,3,7H2,1H3. The van der Waals surface area contributed by atoms with Crippen molar-refractivity contribution in [2.75, 3.05) is 6.61 Å². The van der Waals surface area contributed by atoms with Gasteiger partial charge >= 0.3 is 0 Å². The first-order valence-corrected chi connectivity index (χ1v) is 4.85. The second-order valence-electron chi connectivity index (χ2n) is 2.53. The van der Waals surface area contributed by atoms with Crippen LogP contribution in [-0.2, 0) is 0 Å². The molecule has 0 amide bonds. The van der Waals surface area contributed by atoms with Crippen molar-refractivity contribution in [3.8, 4) is 11.8 Å². The van der Waals surface area contributed by atoms with Gasteiger partial charge in [-0.1, -0.05) is 12.0 Å². The summed E-state index contributed by atoms with van der Waals surface area (Å²) in [5, 5.41) is 10.6. The molecule has 0 aromatic carbocycles. The highest BCUT2D eigenvalue weighted by Gasteiger charge is 2.00. The summed E-state index contributed by atoms with van der Waals surface area (Å²) < 4.78 is 0. The van der Waals surface area contributed by atoms with Crippen molar-refractivity contribution in [2.24, 2.45) is 0 Å². The van der Waals surface area contributed by atoms with Crippen molar-refractivity contribution in [2.45, 2.75) is 19.3 Å². The first-order valence-electron chi connectivity index (χ1n) is 3.97. The fraction of sp³-hybridized carbons (Fsp3) is 0.400. The Kier molecular flexibility index (Phi) is 3.86. The minimum Gasteiger partial charge on any atom is -0.395 e. The Hall–Kier alpha value is -0.780. The Morgan fingerprint density at radius 1 is 1.67 bits per heavy atom. The highest BCUT2D eigenvalue weighted by Crippen LogP contribution is 2.19. The Morgan fingerprint density at radius 3 is 3.08 bits per heavy atom. The second-order valence-corrected chi connectivity index (χ2v) is 3.51. The molecule has 1 N–H and O–H groups in total. The Balaban J connectivity index is 2.51. The average Bonchev–Trinajstić information content (AvgIpc) is 2.56. The van der Waals surface area contributed by atoms with E-state index in [1.54, 1.807) is 11.3 Å². The fourth-order valence-corrected chi connectivity index (χ4v) is 1.62. The highest BCUT2D eigenvalue weighted by atomic mass is 32.1. The first kappa shape index (κ1) is 9.31. The molecule has 1 heterocycles. The molecule has 1 nitrogen and oxygen atoms in total. The van der Waals surface area contributed by atoms with Crippen LogP contribution in [0, 0.1) is 11.8 Å². The lowest BCUT2D eigenvalue weighted by atomic mass is 10.1. The predicted octanol–water partition coefficient (Wildman–Crippen LogP) is 2.24. The largest absolute Gasteiger partial charge is 0.395 e. The van der Waals surface area contributed by atoms with Gasteiger partial charge < -0.3 is 5.11 Å². The van der Waals surface area contributed by atoms with Gasteiger partial charge in [0.25, 0.3) is 0 Å². The summed E-state index contributed by atoms with van der Waals surface area (Å²) in [5.74, 6) is 6.32. The van der Waals surface area contributed by atoms with Gasteiger partial charge in [0.2, 0.25) is 0 Å². The van der Waals surface area contributed by atoms with Crippen LogP contribution in [0.1, 0.15) is 24.1 Å². The molecule has 0 saturated heterocycles. The maximum absolute atomic E-state index is 8.51. The van der Waals surface area contributed by atoms with E-state index >= 15 is 0 Å². The zero-order chi connectivity index (χ0) is 8.81. The number of thiophene rings is 1. The SMILES string of the molecule is CC(C#CCCO)c1cccs1. The van der Waals surface area contributed by atoms with Crippen molar-refractivity contribution in [3.63, 3.8) is 0 Å². The van der Waals surface area contributed by atoms with Crippen LogP contribution in [0.2, 0.25) is 0 Å². The number of hydrogen-bond donors (Lipinski definition) is 1. The molecule has 0 fully saturated rings. The van der Waals surface area contributed by atoms with Crippen LogP contribution in [0.25, 0.3) is 0 Å². The maximum Gasteiger partial charge on any atom is 0.0540 e. The highest BCUT2D eigenvalue weighted by molar-refractivity contribution is 7.10. The van der Waals surface area contributed by atoms with Gasteiger partial charge in [0, 0.05) is 11.3 Å². The van der Waals surface area contributed by atoms with Crippen molar-refractivity contribution < 1.29 is 5.11 Å². The van der Waals surface area contributed by atoms with Crippen molar-refractivity contribution in [3.05, 3.63) is 22.4 Å². The van der Waals surface area contributed by atoms with Crippen LogP contribution in [-0.4, -0.2) is 11.7 Å². The van der Waals surface area contributed by atoms with E-state index < -0.39 is 0 Å². The average molecular weight is 180 g/mol. The van der Waals surface area contributed by atoms with Crippen LogP contribution in [0.15, 0.2) is 17.5 Å². The van der Waals surface area contributed by atoms with Gasteiger partial charge in [0.05, 0.1) is 12.5 Å². The summed E-state index contributed by atoms with van der Waals surface area (Å²) in [5.41, 5.74) is 0. The van der Waals surface area contributed by atoms with E-state index in [-0.39, 0.29) is 6.61 Å². The third-order valence-electron chi connectivity index (χ3n) is 1.53. The normalized spacial score (nSPS) is 11.8. The summed E-state index contributed by atoms with van der Waals surface area (Å²) in [6.07, 6.45) is 0.579. The predicted molar refractivity (Wildman–Crippen MR) is 52.2 cm³/mol.